The van der Waals surface area contributed by atoms with E-state index >= 15 is 0 Å². The Hall–Kier alpha value is -0.750. The topological polar surface area (TPSA) is 49.8 Å². The van der Waals surface area contributed by atoms with Gasteiger partial charge in [0, 0.05) is 19.8 Å². The highest BCUT2D eigenvalue weighted by atomic mass is 32.1. The summed E-state index contributed by atoms with van der Waals surface area (Å²) in [5.41, 5.74) is 1.27. The van der Waals surface area contributed by atoms with Gasteiger partial charge in [0.1, 0.15) is 0 Å². The Morgan fingerprint density at radius 2 is 2.21 bits per heavy atom. The number of aliphatic hydroxyl groups excluding tert-OH is 1. The van der Waals surface area contributed by atoms with E-state index in [1.165, 1.54) is 18.4 Å². The molecule has 2 fully saturated rings. The third-order valence-electron chi connectivity index (χ3n) is 5.59. The number of ether oxygens (including phenoxy) is 1. The molecule has 4 nitrogen and oxygen atoms in total. The normalized spacial score (nSPS) is 24.8. The number of aliphatic hydroxyl groups is 1. The van der Waals surface area contributed by atoms with E-state index < -0.39 is 0 Å². The van der Waals surface area contributed by atoms with E-state index in [2.05, 4.69) is 10.3 Å². The average molecular weight is 352 g/mol. The van der Waals surface area contributed by atoms with E-state index in [9.17, 15) is 9.90 Å². The van der Waals surface area contributed by atoms with Gasteiger partial charge in [0.2, 0.25) is 0 Å². The summed E-state index contributed by atoms with van der Waals surface area (Å²) in [7, 11) is 0. The van der Waals surface area contributed by atoms with E-state index in [1.54, 1.807) is 18.3 Å². The Morgan fingerprint density at radius 3 is 2.79 bits per heavy atom. The lowest BCUT2D eigenvalue weighted by molar-refractivity contribution is -0.0486. The molecule has 0 spiro atoms. The molecule has 1 unspecified atom stereocenters. The summed E-state index contributed by atoms with van der Waals surface area (Å²) in [5.74, 6) is 0.150. The van der Waals surface area contributed by atoms with Gasteiger partial charge in [-0.3, -0.25) is 9.69 Å². The second-order valence-electron chi connectivity index (χ2n) is 7.50. The quantitative estimate of drug-likeness (QED) is 0.797. The van der Waals surface area contributed by atoms with Gasteiger partial charge in [0.05, 0.1) is 11.0 Å². The van der Waals surface area contributed by atoms with Crippen LogP contribution in [0.2, 0.25) is 0 Å². The highest BCUT2D eigenvalue weighted by molar-refractivity contribution is 7.12. The first kappa shape index (κ1) is 18.1. The van der Waals surface area contributed by atoms with Crippen molar-refractivity contribution in [1.29, 1.82) is 0 Å². The van der Waals surface area contributed by atoms with Crippen LogP contribution in [0.1, 0.15) is 60.7 Å². The number of hydrogen-bond acceptors (Lipinski definition) is 5. The molecule has 0 aliphatic carbocycles. The molecule has 0 aromatic carbocycles. The molecule has 0 amide bonds. The van der Waals surface area contributed by atoms with Crippen LogP contribution in [0.25, 0.3) is 0 Å². The lowest BCUT2D eigenvalue weighted by Gasteiger charge is -2.43. The monoisotopic (exact) mass is 351 g/mol. The van der Waals surface area contributed by atoms with Crippen molar-refractivity contribution < 1.29 is 14.6 Å². The predicted molar refractivity (Wildman–Crippen MR) is 96.6 cm³/mol. The molecule has 2 aliphatic rings. The fourth-order valence-corrected chi connectivity index (χ4v) is 4.77. The number of carbonyl (C=O) groups is 1. The number of likely N-dealkylation sites (tertiary alicyclic amines) is 1. The lowest BCUT2D eigenvalue weighted by atomic mass is 9.74. The number of carbonyl (C=O) groups excluding carboxylic acids is 1. The van der Waals surface area contributed by atoms with Crippen molar-refractivity contribution in [3.05, 3.63) is 21.9 Å². The van der Waals surface area contributed by atoms with Crippen molar-refractivity contribution in [2.45, 2.75) is 58.1 Å². The molecule has 1 N–H and O–H groups in total. The summed E-state index contributed by atoms with van der Waals surface area (Å²) < 4.78 is 5.90. The zero-order chi connectivity index (χ0) is 17.0. The van der Waals surface area contributed by atoms with Crippen LogP contribution in [-0.4, -0.2) is 48.2 Å². The number of Topliss-reactive ketones (excluding diaryl/α,β-unsaturated/α-hetero) is 1. The molecule has 2 aliphatic heterocycles. The Morgan fingerprint density at radius 1 is 1.42 bits per heavy atom. The lowest BCUT2D eigenvalue weighted by Crippen LogP contribution is -2.44. The Labute approximate surface area is 148 Å². The summed E-state index contributed by atoms with van der Waals surface area (Å²) >= 11 is 1.54. The summed E-state index contributed by atoms with van der Waals surface area (Å²) in [6.45, 7) is 5.71. The molecule has 0 saturated carbocycles. The van der Waals surface area contributed by atoms with Crippen molar-refractivity contribution in [3.63, 3.8) is 0 Å². The van der Waals surface area contributed by atoms with Crippen LogP contribution in [-0.2, 0) is 11.3 Å². The van der Waals surface area contributed by atoms with E-state index in [4.69, 9.17) is 4.74 Å². The van der Waals surface area contributed by atoms with Gasteiger partial charge in [-0.15, -0.1) is 11.3 Å². The van der Waals surface area contributed by atoms with Crippen LogP contribution in [0.3, 0.4) is 0 Å². The smallest absolute Gasteiger partial charge is 0.169 e. The van der Waals surface area contributed by atoms with E-state index in [0.717, 1.165) is 56.8 Å². The Balaban J connectivity index is 1.52. The van der Waals surface area contributed by atoms with Gasteiger partial charge in [-0.2, -0.15) is 0 Å². The summed E-state index contributed by atoms with van der Waals surface area (Å²) in [6, 6.07) is 2.02. The van der Waals surface area contributed by atoms with Crippen molar-refractivity contribution >= 4 is 17.1 Å². The zero-order valence-corrected chi connectivity index (χ0v) is 15.4. The fraction of sp³-hybridized carbons (Fsp3) is 0.737. The Kier molecular flexibility index (Phi) is 6.08. The molecular weight excluding hydrogens is 322 g/mol. The highest BCUT2D eigenvalue weighted by Crippen LogP contribution is 2.38. The number of hydrogen-bond donors (Lipinski definition) is 1. The van der Waals surface area contributed by atoms with Gasteiger partial charge >= 0.3 is 0 Å². The van der Waals surface area contributed by atoms with Crippen molar-refractivity contribution in [2.24, 2.45) is 5.41 Å². The SMILES string of the molecule is CC(=O)c1cc(CN2CCC(CO)(CC3CCCCO3)CC2)cs1. The molecule has 1 atom stereocenters. The van der Waals surface area contributed by atoms with Crippen molar-refractivity contribution in [3.8, 4) is 0 Å². The first-order chi connectivity index (χ1) is 11.6. The van der Waals surface area contributed by atoms with Crippen molar-refractivity contribution in [1.82, 2.24) is 4.90 Å². The third kappa shape index (κ3) is 4.45. The molecule has 0 radical (unpaired) electrons. The molecular formula is C19H29NO3S. The zero-order valence-electron chi connectivity index (χ0n) is 14.6. The van der Waals surface area contributed by atoms with Crippen LogP contribution in [0.4, 0.5) is 0 Å². The number of nitrogens with zero attached hydrogens (tertiary/aromatic N) is 1. The molecule has 3 heterocycles. The largest absolute Gasteiger partial charge is 0.396 e. The van der Waals surface area contributed by atoms with Crippen molar-refractivity contribution in [2.75, 3.05) is 26.3 Å². The maximum atomic E-state index is 11.4. The molecule has 2 saturated heterocycles. The molecule has 0 bridgehead atoms. The van der Waals surface area contributed by atoms with Gasteiger partial charge in [0.25, 0.3) is 0 Å². The molecule has 1 aromatic rings. The van der Waals surface area contributed by atoms with Crippen LogP contribution in [0.5, 0.6) is 0 Å². The molecule has 3 rings (SSSR count). The van der Waals surface area contributed by atoms with E-state index in [0.29, 0.717) is 6.10 Å². The van der Waals surface area contributed by atoms with Gasteiger partial charge in [-0.25, -0.2) is 0 Å². The van der Waals surface area contributed by atoms with Crippen LogP contribution in [0.15, 0.2) is 11.4 Å². The number of piperidine rings is 1. The van der Waals surface area contributed by atoms with Gasteiger partial charge < -0.3 is 9.84 Å². The number of thiophene rings is 1. The van der Waals surface area contributed by atoms with Gasteiger partial charge in [-0.1, -0.05) is 0 Å². The maximum absolute atomic E-state index is 11.4. The minimum absolute atomic E-state index is 0.0394. The predicted octanol–water partition coefficient (Wildman–Crippen LogP) is 3.48. The average Bonchev–Trinajstić information content (AvgIpc) is 3.07. The molecule has 134 valence electrons. The first-order valence-electron chi connectivity index (χ1n) is 9.13. The summed E-state index contributed by atoms with van der Waals surface area (Å²) in [6.07, 6.45) is 7.00. The third-order valence-corrected chi connectivity index (χ3v) is 6.67. The molecule has 1 aromatic heterocycles. The second kappa shape index (κ2) is 8.09. The van der Waals surface area contributed by atoms with Gasteiger partial charge in [-0.05, 0) is 81.0 Å². The minimum Gasteiger partial charge on any atom is -0.396 e. The van der Waals surface area contributed by atoms with Crippen LogP contribution < -0.4 is 0 Å². The Bertz CT molecular complexity index is 543. The molecule has 24 heavy (non-hydrogen) atoms. The second-order valence-corrected chi connectivity index (χ2v) is 8.41. The number of ketones is 1. The van der Waals surface area contributed by atoms with Crippen LogP contribution in [0, 0.1) is 5.41 Å². The molecule has 5 heteroatoms. The van der Waals surface area contributed by atoms with E-state index in [-0.39, 0.29) is 17.8 Å². The van der Waals surface area contributed by atoms with E-state index in [1.807, 2.05) is 6.07 Å². The first-order valence-corrected chi connectivity index (χ1v) is 10.0. The van der Waals surface area contributed by atoms with Gasteiger partial charge in [0.15, 0.2) is 5.78 Å². The maximum Gasteiger partial charge on any atom is 0.169 e. The van der Waals surface area contributed by atoms with Crippen LogP contribution >= 0.6 is 11.3 Å². The minimum atomic E-state index is 0.0394. The summed E-state index contributed by atoms with van der Waals surface area (Å²) in [4.78, 5) is 14.7. The summed E-state index contributed by atoms with van der Waals surface area (Å²) in [5, 5.41) is 12.1. The highest BCUT2D eigenvalue weighted by Gasteiger charge is 2.36. The number of rotatable bonds is 6. The fourth-order valence-electron chi connectivity index (χ4n) is 3.96. The standard InChI is InChI=1S/C19H29NO3S/c1-15(22)18-10-16(13-24-18)12-20-7-5-19(14-21,6-8-20)11-17-4-2-3-9-23-17/h10,13,17,21H,2-9,11-12,14H2,1H3.